The monoisotopic (exact) mass is 271 g/mol. The maximum absolute atomic E-state index is 9.81. The molecule has 1 fully saturated rings. The van der Waals surface area contributed by atoms with Crippen molar-refractivity contribution in [2.75, 3.05) is 11.9 Å². The number of phenolic OH excluding ortho intramolecular Hbond substituents is 1. The van der Waals surface area contributed by atoms with Crippen molar-refractivity contribution >= 4 is 5.69 Å². The fourth-order valence-electron chi connectivity index (χ4n) is 1.98. The molecule has 19 heavy (non-hydrogen) atoms. The fourth-order valence-corrected chi connectivity index (χ4v) is 1.98. The van der Waals surface area contributed by atoms with E-state index in [0.29, 0.717) is 5.69 Å². The molecule has 1 aliphatic heterocycles. The minimum absolute atomic E-state index is 0.0367. The van der Waals surface area contributed by atoms with Crippen LogP contribution in [0.1, 0.15) is 0 Å². The van der Waals surface area contributed by atoms with Crippen molar-refractivity contribution in [2.24, 2.45) is 0 Å². The molecule has 106 valence electrons. The minimum Gasteiger partial charge on any atom is -0.508 e. The number of aliphatic hydroxyl groups excluding tert-OH is 4. The second-order valence-corrected chi connectivity index (χ2v) is 4.44. The van der Waals surface area contributed by atoms with Crippen LogP contribution in [0, 0.1) is 0 Å². The molecule has 1 aliphatic rings. The summed E-state index contributed by atoms with van der Waals surface area (Å²) in [7, 11) is 0. The van der Waals surface area contributed by atoms with E-state index in [1.165, 1.54) is 12.1 Å². The van der Waals surface area contributed by atoms with Crippen molar-refractivity contribution in [3.63, 3.8) is 0 Å². The van der Waals surface area contributed by atoms with Crippen molar-refractivity contribution in [2.45, 2.75) is 30.6 Å². The van der Waals surface area contributed by atoms with Gasteiger partial charge in [0, 0.05) is 11.8 Å². The summed E-state index contributed by atoms with van der Waals surface area (Å²) in [6.07, 6.45) is -6.14. The lowest BCUT2D eigenvalue weighted by Crippen LogP contribution is -2.60. The minimum atomic E-state index is -1.43. The van der Waals surface area contributed by atoms with E-state index in [9.17, 15) is 20.4 Å². The summed E-state index contributed by atoms with van der Waals surface area (Å²) in [5.74, 6) is 0.0367. The summed E-state index contributed by atoms with van der Waals surface area (Å²) in [4.78, 5) is 0. The Morgan fingerprint density at radius 2 is 1.84 bits per heavy atom. The number of hydrogen-bond donors (Lipinski definition) is 6. The summed E-state index contributed by atoms with van der Waals surface area (Å²) in [6.45, 7) is -0.483. The van der Waals surface area contributed by atoms with Gasteiger partial charge in [0.05, 0.1) is 6.61 Å². The molecule has 7 nitrogen and oxygen atoms in total. The number of rotatable bonds is 3. The van der Waals surface area contributed by atoms with Crippen molar-refractivity contribution in [3.05, 3.63) is 24.3 Å². The molecule has 1 heterocycles. The summed E-state index contributed by atoms with van der Waals surface area (Å²) >= 11 is 0. The number of anilines is 1. The molecule has 6 N–H and O–H groups in total. The topological polar surface area (TPSA) is 122 Å². The van der Waals surface area contributed by atoms with E-state index in [0.717, 1.165) is 0 Å². The Kier molecular flexibility index (Phi) is 4.23. The predicted octanol–water partition coefficient (Wildman–Crippen LogP) is -1.40. The molecule has 0 aromatic heterocycles. The summed E-state index contributed by atoms with van der Waals surface area (Å²) in [5, 5.41) is 50.2. The normalized spacial score (nSPS) is 35.1. The van der Waals surface area contributed by atoms with Crippen molar-refractivity contribution in [1.29, 1.82) is 0 Å². The lowest BCUT2D eigenvalue weighted by molar-refractivity contribution is -0.221. The molecule has 0 unspecified atom stereocenters. The molecule has 2 rings (SSSR count). The number of aliphatic hydroxyl groups is 4. The highest BCUT2D eigenvalue weighted by Gasteiger charge is 2.43. The van der Waals surface area contributed by atoms with Crippen LogP contribution in [0.5, 0.6) is 5.75 Å². The van der Waals surface area contributed by atoms with Crippen molar-refractivity contribution in [3.8, 4) is 5.75 Å². The quantitative estimate of drug-likeness (QED) is 0.400. The van der Waals surface area contributed by atoms with Gasteiger partial charge in [0.2, 0.25) is 0 Å². The van der Waals surface area contributed by atoms with E-state index in [4.69, 9.17) is 9.84 Å². The SMILES string of the molecule is OC[C@H]1O[C@@H](Nc2cccc(O)c2)[C@@H](O)[C@@H](O)[C@@H]1O. The van der Waals surface area contributed by atoms with Crippen LogP contribution < -0.4 is 5.32 Å². The molecule has 5 atom stereocenters. The number of aromatic hydroxyl groups is 1. The second kappa shape index (κ2) is 5.72. The molecule has 7 heteroatoms. The van der Waals surface area contributed by atoms with Crippen LogP contribution in [-0.4, -0.2) is 62.8 Å². The van der Waals surface area contributed by atoms with E-state index < -0.39 is 37.3 Å². The molecular formula is C12H17NO6. The van der Waals surface area contributed by atoms with Gasteiger partial charge < -0.3 is 35.6 Å². The van der Waals surface area contributed by atoms with Crippen LogP contribution in [0.2, 0.25) is 0 Å². The summed E-state index contributed by atoms with van der Waals surface area (Å²) in [6, 6.07) is 6.14. The second-order valence-electron chi connectivity index (χ2n) is 4.44. The Morgan fingerprint density at radius 3 is 2.47 bits per heavy atom. The van der Waals surface area contributed by atoms with Crippen LogP contribution in [-0.2, 0) is 4.74 Å². The first-order chi connectivity index (χ1) is 9.02. The van der Waals surface area contributed by atoms with Gasteiger partial charge in [0.15, 0.2) is 6.23 Å². The number of benzene rings is 1. The Morgan fingerprint density at radius 1 is 1.11 bits per heavy atom. The smallest absolute Gasteiger partial charge is 0.157 e. The molecular weight excluding hydrogens is 254 g/mol. The van der Waals surface area contributed by atoms with E-state index in [2.05, 4.69) is 5.32 Å². The van der Waals surface area contributed by atoms with Crippen LogP contribution >= 0.6 is 0 Å². The van der Waals surface area contributed by atoms with Crippen LogP contribution in [0.15, 0.2) is 24.3 Å². The van der Waals surface area contributed by atoms with Gasteiger partial charge >= 0.3 is 0 Å². The van der Waals surface area contributed by atoms with E-state index in [-0.39, 0.29) is 5.75 Å². The molecule has 0 radical (unpaired) electrons. The molecule has 0 aliphatic carbocycles. The molecule has 1 aromatic rings. The first-order valence-corrected chi connectivity index (χ1v) is 5.89. The summed E-state index contributed by atoms with van der Waals surface area (Å²) in [5.41, 5.74) is 0.476. The van der Waals surface area contributed by atoms with Gasteiger partial charge in [-0.25, -0.2) is 0 Å². The Bertz CT molecular complexity index is 426. The predicted molar refractivity (Wildman–Crippen MR) is 65.5 cm³/mol. The maximum Gasteiger partial charge on any atom is 0.157 e. The van der Waals surface area contributed by atoms with Gasteiger partial charge in [-0.1, -0.05) is 6.07 Å². The van der Waals surface area contributed by atoms with Gasteiger partial charge in [-0.05, 0) is 12.1 Å². The van der Waals surface area contributed by atoms with Crippen molar-refractivity contribution < 1.29 is 30.3 Å². The number of nitrogens with one attached hydrogen (secondary N) is 1. The van der Waals surface area contributed by atoms with Crippen molar-refractivity contribution in [1.82, 2.24) is 0 Å². The van der Waals surface area contributed by atoms with Crippen LogP contribution in [0.25, 0.3) is 0 Å². The lowest BCUT2D eigenvalue weighted by Gasteiger charge is -2.40. The van der Waals surface area contributed by atoms with E-state index in [1.54, 1.807) is 12.1 Å². The molecule has 0 saturated carbocycles. The molecule has 0 amide bonds. The van der Waals surface area contributed by atoms with Crippen LogP contribution in [0.4, 0.5) is 5.69 Å². The van der Waals surface area contributed by atoms with Gasteiger partial charge in [-0.15, -0.1) is 0 Å². The Balaban J connectivity index is 2.10. The highest BCUT2D eigenvalue weighted by atomic mass is 16.6. The zero-order valence-electron chi connectivity index (χ0n) is 10.0. The molecule has 0 spiro atoms. The van der Waals surface area contributed by atoms with E-state index in [1.807, 2.05) is 0 Å². The zero-order valence-corrected chi connectivity index (χ0v) is 10.0. The maximum atomic E-state index is 9.81. The van der Waals surface area contributed by atoms with Gasteiger partial charge in [-0.2, -0.15) is 0 Å². The van der Waals surface area contributed by atoms with E-state index >= 15 is 0 Å². The standard InChI is InChI=1S/C12H17NO6/c14-5-8-9(16)10(17)11(18)12(19-8)13-6-2-1-3-7(15)4-6/h1-4,8-18H,5H2/t8-,9-,10+,11+,12-/m1/s1. The Hall–Kier alpha value is -1.38. The van der Waals surface area contributed by atoms with Crippen LogP contribution in [0.3, 0.4) is 0 Å². The molecule has 0 bridgehead atoms. The number of ether oxygens (including phenoxy) is 1. The highest BCUT2D eigenvalue weighted by molar-refractivity contribution is 5.48. The third kappa shape index (κ3) is 2.96. The molecule has 1 saturated heterocycles. The number of hydrogen-bond acceptors (Lipinski definition) is 7. The lowest BCUT2D eigenvalue weighted by atomic mass is 9.98. The van der Waals surface area contributed by atoms with Gasteiger partial charge in [0.25, 0.3) is 0 Å². The van der Waals surface area contributed by atoms with Gasteiger partial charge in [0.1, 0.15) is 30.2 Å². The molecule has 1 aromatic carbocycles. The third-order valence-electron chi connectivity index (χ3n) is 3.05. The zero-order chi connectivity index (χ0) is 14.0. The third-order valence-corrected chi connectivity index (χ3v) is 3.05. The first kappa shape index (κ1) is 14.0. The average molecular weight is 271 g/mol. The number of phenols is 1. The largest absolute Gasteiger partial charge is 0.508 e. The highest BCUT2D eigenvalue weighted by Crippen LogP contribution is 2.24. The average Bonchev–Trinajstić information content (AvgIpc) is 2.39. The first-order valence-electron chi connectivity index (χ1n) is 5.89. The fraction of sp³-hybridized carbons (Fsp3) is 0.500. The Labute approximate surface area is 109 Å². The van der Waals surface area contributed by atoms with Gasteiger partial charge in [-0.3, -0.25) is 0 Å². The summed E-state index contributed by atoms with van der Waals surface area (Å²) < 4.78 is 5.27.